The van der Waals surface area contributed by atoms with Crippen molar-refractivity contribution in [2.45, 2.75) is 38.3 Å². The lowest BCUT2D eigenvalue weighted by Crippen LogP contribution is -2.36. The summed E-state index contributed by atoms with van der Waals surface area (Å²) in [4.78, 5) is 16.9. The molecular formula is C24H33N3O2. The molecule has 1 amide bonds. The number of anilines is 1. The number of benzene rings is 2. The Morgan fingerprint density at radius 1 is 1.21 bits per heavy atom. The topological polar surface area (TPSA) is 55.8 Å². The summed E-state index contributed by atoms with van der Waals surface area (Å²) >= 11 is 0. The van der Waals surface area contributed by atoms with Gasteiger partial charge >= 0.3 is 0 Å². The number of hydrogen-bond donors (Lipinski definition) is 2. The quantitative estimate of drug-likeness (QED) is 0.639. The SMILES string of the molecule is CCCCNC(=O)c1ccc(N(C)[C@H](CN2CC[C@H](O)C2)c2ccccc2)cc1. The smallest absolute Gasteiger partial charge is 0.251 e. The van der Waals surface area contributed by atoms with E-state index < -0.39 is 0 Å². The van der Waals surface area contributed by atoms with Crippen LogP contribution in [0, 0.1) is 0 Å². The van der Waals surface area contributed by atoms with Gasteiger partial charge in [0, 0.05) is 44.5 Å². The van der Waals surface area contributed by atoms with Crippen LogP contribution in [-0.2, 0) is 0 Å². The molecule has 5 heteroatoms. The standard InChI is InChI=1S/C24H33N3O2/c1-3-4-15-25-24(29)20-10-12-21(13-11-20)26(2)23(19-8-6-5-7-9-19)18-27-16-14-22(28)17-27/h5-13,22-23,28H,3-4,14-18H2,1-2H3,(H,25,29)/t22-,23+/m0/s1. The van der Waals surface area contributed by atoms with E-state index in [1.807, 2.05) is 30.3 Å². The Labute approximate surface area is 174 Å². The van der Waals surface area contributed by atoms with Crippen LogP contribution in [0.25, 0.3) is 0 Å². The molecule has 2 N–H and O–H groups in total. The highest BCUT2D eigenvalue weighted by Crippen LogP contribution is 2.28. The van der Waals surface area contributed by atoms with Gasteiger partial charge < -0.3 is 15.3 Å². The summed E-state index contributed by atoms with van der Waals surface area (Å²) in [6, 6.07) is 18.5. The van der Waals surface area contributed by atoms with Gasteiger partial charge in [-0.25, -0.2) is 0 Å². The van der Waals surface area contributed by atoms with Gasteiger partial charge in [0.15, 0.2) is 0 Å². The number of β-amino-alcohol motifs (C(OH)–C–C–N with tert-alkyl or cyclic N) is 1. The van der Waals surface area contributed by atoms with Gasteiger partial charge in [-0.15, -0.1) is 0 Å². The molecule has 0 unspecified atom stereocenters. The number of unbranched alkanes of at least 4 members (excludes halogenated alkanes) is 1. The normalized spacial score (nSPS) is 17.8. The van der Waals surface area contributed by atoms with E-state index in [1.54, 1.807) is 0 Å². The highest BCUT2D eigenvalue weighted by atomic mass is 16.3. The van der Waals surface area contributed by atoms with Crippen LogP contribution in [-0.4, -0.2) is 55.2 Å². The third-order valence-corrected chi connectivity index (χ3v) is 5.68. The summed E-state index contributed by atoms with van der Waals surface area (Å²) in [6.45, 7) is 5.34. The number of nitrogens with one attached hydrogen (secondary N) is 1. The van der Waals surface area contributed by atoms with Crippen molar-refractivity contribution in [3.8, 4) is 0 Å². The minimum Gasteiger partial charge on any atom is -0.392 e. The number of likely N-dealkylation sites (N-methyl/N-ethyl adjacent to an activating group) is 1. The number of aliphatic hydroxyl groups is 1. The lowest BCUT2D eigenvalue weighted by Gasteiger charge is -2.33. The van der Waals surface area contributed by atoms with Gasteiger partial charge in [0.1, 0.15) is 0 Å². The highest BCUT2D eigenvalue weighted by Gasteiger charge is 2.26. The number of carbonyl (C=O) groups is 1. The van der Waals surface area contributed by atoms with Crippen molar-refractivity contribution in [1.82, 2.24) is 10.2 Å². The minimum atomic E-state index is -0.220. The first kappa shape index (κ1) is 21.3. The summed E-state index contributed by atoms with van der Waals surface area (Å²) < 4.78 is 0. The fourth-order valence-corrected chi connectivity index (χ4v) is 3.86. The van der Waals surface area contributed by atoms with E-state index in [1.165, 1.54) is 5.56 Å². The van der Waals surface area contributed by atoms with Gasteiger partial charge in [0.2, 0.25) is 0 Å². The molecule has 2 atom stereocenters. The number of rotatable bonds is 9. The molecule has 1 aliphatic heterocycles. The van der Waals surface area contributed by atoms with Crippen molar-refractivity contribution in [3.63, 3.8) is 0 Å². The first-order valence-corrected chi connectivity index (χ1v) is 10.6. The van der Waals surface area contributed by atoms with Crippen LogP contribution in [0.2, 0.25) is 0 Å². The van der Waals surface area contributed by atoms with Crippen molar-refractivity contribution < 1.29 is 9.90 Å². The summed E-state index contributed by atoms with van der Waals surface area (Å²) in [5.74, 6) is -0.0154. The molecule has 3 rings (SSSR count). The second kappa shape index (κ2) is 10.4. The van der Waals surface area contributed by atoms with Crippen LogP contribution in [0.5, 0.6) is 0 Å². The van der Waals surface area contributed by atoms with Gasteiger partial charge in [-0.1, -0.05) is 43.7 Å². The highest BCUT2D eigenvalue weighted by molar-refractivity contribution is 5.94. The molecule has 156 valence electrons. The molecule has 0 bridgehead atoms. The zero-order valence-corrected chi connectivity index (χ0v) is 17.6. The molecule has 0 saturated carbocycles. The number of amides is 1. The minimum absolute atomic E-state index is 0.0154. The Hall–Kier alpha value is -2.37. The van der Waals surface area contributed by atoms with E-state index in [2.05, 4.69) is 53.4 Å². The van der Waals surface area contributed by atoms with Crippen molar-refractivity contribution in [1.29, 1.82) is 0 Å². The monoisotopic (exact) mass is 395 g/mol. The molecule has 1 aliphatic rings. The molecule has 2 aromatic carbocycles. The molecular weight excluding hydrogens is 362 g/mol. The van der Waals surface area contributed by atoms with Crippen molar-refractivity contribution in [3.05, 3.63) is 65.7 Å². The van der Waals surface area contributed by atoms with Gasteiger partial charge in [0.05, 0.1) is 12.1 Å². The molecule has 0 aromatic heterocycles. The predicted octanol–water partition coefficient (Wildman–Crippen LogP) is 3.46. The Balaban J connectivity index is 1.73. The van der Waals surface area contributed by atoms with Crippen LogP contribution < -0.4 is 10.2 Å². The summed E-state index contributed by atoms with van der Waals surface area (Å²) in [6.07, 6.45) is 2.69. The second-order valence-electron chi connectivity index (χ2n) is 7.90. The number of carbonyl (C=O) groups excluding carboxylic acids is 1. The maximum Gasteiger partial charge on any atom is 0.251 e. The van der Waals surface area contributed by atoms with E-state index in [0.29, 0.717) is 5.56 Å². The van der Waals surface area contributed by atoms with E-state index in [9.17, 15) is 9.90 Å². The molecule has 1 heterocycles. The zero-order chi connectivity index (χ0) is 20.6. The van der Waals surface area contributed by atoms with Crippen molar-refractivity contribution in [2.75, 3.05) is 38.1 Å². The summed E-state index contributed by atoms with van der Waals surface area (Å²) in [5, 5.41) is 12.9. The second-order valence-corrected chi connectivity index (χ2v) is 7.90. The number of aliphatic hydroxyl groups excluding tert-OH is 1. The van der Waals surface area contributed by atoms with E-state index in [0.717, 1.165) is 51.1 Å². The van der Waals surface area contributed by atoms with Crippen molar-refractivity contribution >= 4 is 11.6 Å². The first-order chi connectivity index (χ1) is 14.1. The Kier molecular flexibility index (Phi) is 7.67. The maximum atomic E-state index is 12.3. The lowest BCUT2D eigenvalue weighted by atomic mass is 10.0. The largest absolute Gasteiger partial charge is 0.392 e. The summed E-state index contributed by atoms with van der Waals surface area (Å²) in [7, 11) is 2.10. The predicted molar refractivity (Wildman–Crippen MR) is 118 cm³/mol. The third kappa shape index (κ3) is 5.81. The average Bonchev–Trinajstić information content (AvgIpc) is 3.17. The van der Waals surface area contributed by atoms with Gasteiger partial charge in [-0.2, -0.15) is 0 Å². The van der Waals surface area contributed by atoms with Gasteiger partial charge in [0.25, 0.3) is 5.91 Å². The number of likely N-dealkylation sites (tertiary alicyclic amines) is 1. The molecule has 29 heavy (non-hydrogen) atoms. The van der Waals surface area contributed by atoms with Crippen LogP contribution in [0.4, 0.5) is 5.69 Å². The Bertz CT molecular complexity index is 763. The molecule has 1 fully saturated rings. The van der Waals surface area contributed by atoms with E-state index in [-0.39, 0.29) is 18.1 Å². The number of nitrogens with zero attached hydrogens (tertiary/aromatic N) is 2. The van der Waals surface area contributed by atoms with E-state index >= 15 is 0 Å². The molecule has 1 saturated heterocycles. The third-order valence-electron chi connectivity index (χ3n) is 5.68. The summed E-state index contributed by atoms with van der Waals surface area (Å²) in [5.41, 5.74) is 3.01. The van der Waals surface area contributed by atoms with Gasteiger partial charge in [-0.05, 0) is 42.7 Å². The molecule has 0 aliphatic carbocycles. The van der Waals surface area contributed by atoms with Crippen LogP contribution in [0.3, 0.4) is 0 Å². The fourth-order valence-electron chi connectivity index (χ4n) is 3.86. The van der Waals surface area contributed by atoms with Crippen LogP contribution in [0.15, 0.2) is 54.6 Å². The van der Waals surface area contributed by atoms with Gasteiger partial charge in [-0.3, -0.25) is 9.69 Å². The fraction of sp³-hybridized carbons (Fsp3) is 0.458. The van der Waals surface area contributed by atoms with Crippen LogP contribution >= 0.6 is 0 Å². The van der Waals surface area contributed by atoms with E-state index in [4.69, 9.17) is 0 Å². The molecule has 0 spiro atoms. The number of hydrogen-bond acceptors (Lipinski definition) is 4. The molecule has 0 radical (unpaired) electrons. The Morgan fingerprint density at radius 3 is 2.55 bits per heavy atom. The zero-order valence-electron chi connectivity index (χ0n) is 17.6. The molecule has 2 aromatic rings. The Morgan fingerprint density at radius 2 is 1.93 bits per heavy atom. The first-order valence-electron chi connectivity index (χ1n) is 10.6. The lowest BCUT2D eigenvalue weighted by molar-refractivity contribution is 0.0953. The average molecular weight is 396 g/mol. The van der Waals surface area contributed by atoms with Crippen LogP contribution in [0.1, 0.15) is 48.1 Å². The maximum absolute atomic E-state index is 12.3. The van der Waals surface area contributed by atoms with Crippen molar-refractivity contribution in [2.24, 2.45) is 0 Å². The molecule has 5 nitrogen and oxygen atoms in total.